The largest absolute Gasteiger partial charge is 0.497 e. The van der Waals surface area contributed by atoms with Crippen LogP contribution >= 0.6 is 0 Å². The van der Waals surface area contributed by atoms with Gasteiger partial charge in [-0.15, -0.1) is 0 Å². The molecule has 108 valence electrons. The molecule has 0 bridgehead atoms. The molecule has 1 aliphatic carbocycles. The molecule has 1 saturated carbocycles. The number of nitrogens with zero attached hydrogens (tertiary/aromatic N) is 2. The van der Waals surface area contributed by atoms with Crippen molar-refractivity contribution in [1.29, 1.82) is 0 Å². The first-order chi connectivity index (χ1) is 10.3. The fourth-order valence-corrected chi connectivity index (χ4v) is 2.35. The Morgan fingerprint density at radius 2 is 2.00 bits per heavy atom. The molecule has 0 radical (unpaired) electrons. The number of carbonyl (C=O) groups excluding carboxylic acids is 1. The molecule has 1 aliphatic rings. The van der Waals surface area contributed by atoms with Crippen LogP contribution in [-0.4, -0.2) is 24.0 Å². The maximum absolute atomic E-state index is 12.6. The smallest absolute Gasteiger partial charge is 0.232 e. The predicted molar refractivity (Wildman–Crippen MR) is 81.4 cm³/mol. The van der Waals surface area contributed by atoms with Gasteiger partial charge in [-0.05, 0) is 42.7 Å². The quantitative estimate of drug-likeness (QED) is 0.847. The van der Waals surface area contributed by atoms with E-state index in [4.69, 9.17) is 4.74 Å². The Kier molecular flexibility index (Phi) is 3.86. The maximum Gasteiger partial charge on any atom is 0.232 e. The Morgan fingerprint density at radius 3 is 2.57 bits per heavy atom. The first-order valence-electron chi connectivity index (χ1n) is 7.14. The van der Waals surface area contributed by atoms with Gasteiger partial charge in [0.15, 0.2) is 0 Å². The minimum atomic E-state index is 0.0985. The Balaban J connectivity index is 1.75. The van der Waals surface area contributed by atoms with Gasteiger partial charge in [0.25, 0.3) is 0 Å². The summed E-state index contributed by atoms with van der Waals surface area (Å²) in [6.07, 6.45) is 4.23. The van der Waals surface area contributed by atoms with Crippen molar-refractivity contribution in [3.8, 4) is 5.75 Å². The van der Waals surface area contributed by atoms with Crippen molar-refractivity contribution in [2.24, 2.45) is 0 Å². The summed E-state index contributed by atoms with van der Waals surface area (Å²) in [5.41, 5.74) is 0.988. The minimum Gasteiger partial charge on any atom is -0.497 e. The van der Waals surface area contributed by atoms with Gasteiger partial charge in [-0.1, -0.05) is 18.2 Å². The highest BCUT2D eigenvalue weighted by atomic mass is 16.5. The van der Waals surface area contributed by atoms with E-state index in [1.54, 1.807) is 13.3 Å². The molecule has 4 nitrogen and oxygen atoms in total. The molecule has 0 spiro atoms. The van der Waals surface area contributed by atoms with Gasteiger partial charge in [-0.3, -0.25) is 9.69 Å². The molecule has 1 fully saturated rings. The van der Waals surface area contributed by atoms with Gasteiger partial charge >= 0.3 is 0 Å². The molecule has 4 heteroatoms. The maximum atomic E-state index is 12.6. The molecule has 0 aliphatic heterocycles. The lowest BCUT2D eigenvalue weighted by molar-refractivity contribution is -0.118. The molecular formula is C17H18N2O2. The number of ether oxygens (including phenoxy) is 1. The summed E-state index contributed by atoms with van der Waals surface area (Å²) in [6.45, 7) is 0. The summed E-state index contributed by atoms with van der Waals surface area (Å²) in [6, 6.07) is 13.6. The third kappa shape index (κ3) is 3.21. The minimum absolute atomic E-state index is 0.0985. The molecule has 0 atom stereocenters. The first-order valence-corrected chi connectivity index (χ1v) is 7.14. The fraction of sp³-hybridized carbons (Fsp3) is 0.294. The van der Waals surface area contributed by atoms with Crippen LogP contribution in [-0.2, 0) is 11.2 Å². The van der Waals surface area contributed by atoms with Gasteiger partial charge in [-0.25, -0.2) is 4.98 Å². The van der Waals surface area contributed by atoms with Gasteiger partial charge in [0.2, 0.25) is 5.91 Å². The molecular weight excluding hydrogens is 264 g/mol. The van der Waals surface area contributed by atoms with Crippen LogP contribution < -0.4 is 9.64 Å². The zero-order valence-corrected chi connectivity index (χ0v) is 12.0. The van der Waals surface area contributed by atoms with Crippen LogP contribution in [0.25, 0.3) is 0 Å². The summed E-state index contributed by atoms with van der Waals surface area (Å²) in [5.74, 6) is 1.65. The second kappa shape index (κ2) is 5.95. The highest BCUT2D eigenvalue weighted by Gasteiger charge is 2.34. The number of pyridine rings is 1. The highest BCUT2D eigenvalue weighted by Crippen LogP contribution is 2.31. The second-order valence-corrected chi connectivity index (χ2v) is 5.21. The zero-order chi connectivity index (χ0) is 14.7. The zero-order valence-electron chi connectivity index (χ0n) is 12.0. The van der Waals surface area contributed by atoms with E-state index in [9.17, 15) is 4.79 Å². The molecule has 1 aromatic heterocycles. The topological polar surface area (TPSA) is 42.4 Å². The summed E-state index contributed by atoms with van der Waals surface area (Å²) in [4.78, 5) is 18.8. The van der Waals surface area contributed by atoms with Crippen molar-refractivity contribution in [3.05, 3.63) is 54.2 Å². The van der Waals surface area contributed by atoms with E-state index in [1.807, 2.05) is 47.4 Å². The number of anilines is 1. The standard InChI is InChI=1S/C17H18N2O2/c1-21-15-9-5-13(6-10-15)12-17(20)19(14-7-8-14)16-4-2-3-11-18-16/h2-6,9-11,14H,7-8,12H2,1H3. The van der Waals surface area contributed by atoms with Crippen LogP contribution in [0.3, 0.4) is 0 Å². The Morgan fingerprint density at radius 1 is 1.24 bits per heavy atom. The van der Waals surface area contributed by atoms with Crippen LogP contribution in [0.2, 0.25) is 0 Å². The summed E-state index contributed by atoms with van der Waals surface area (Å²) in [7, 11) is 1.63. The van der Waals surface area contributed by atoms with E-state index in [2.05, 4.69) is 4.98 Å². The Bertz CT molecular complexity index is 606. The number of hydrogen-bond acceptors (Lipinski definition) is 3. The van der Waals surface area contributed by atoms with Crippen LogP contribution in [0.15, 0.2) is 48.7 Å². The van der Waals surface area contributed by atoms with Crippen molar-refractivity contribution in [2.75, 3.05) is 12.0 Å². The van der Waals surface area contributed by atoms with Crippen molar-refractivity contribution < 1.29 is 9.53 Å². The first kappa shape index (κ1) is 13.6. The molecule has 0 N–H and O–H groups in total. The molecule has 0 unspecified atom stereocenters. The van der Waals surface area contributed by atoms with Crippen LogP contribution in [0.4, 0.5) is 5.82 Å². The van der Waals surface area contributed by atoms with E-state index >= 15 is 0 Å². The number of benzene rings is 1. The lowest BCUT2D eigenvalue weighted by Crippen LogP contribution is -2.34. The Hall–Kier alpha value is -2.36. The number of aromatic nitrogens is 1. The van der Waals surface area contributed by atoms with E-state index < -0.39 is 0 Å². The van der Waals surface area contributed by atoms with E-state index in [1.165, 1.54) is 0 Å². The predicted octanol–water partition coefficient (Wildman–Crippen LogP) is 2.83. The van der Waals surface area contributed by atoms with E-state index in [0.29, 0.717) is 12.5 Å². The van der Waals surface area contributed by atoms with Gasteiger partial charge < -0.3 is 4.74 Å². The van der Waals surface area contributed by atoms with Gasteiger partial charge in [-0.2, -0.15) is 0 Å². The third-order valence-corrected chi connectivity index (χ3v) is 3.59. The molecule has 3 rings (SSSR count). The van der Waals surface area contributed by atoms with Gasteiger partial charge in [0.1, 0.15) is 11.6 Å². The molecule has 21 heavy (non-hydrogen) atoms. The average Bonchev–Trinajstić information content (AvgIpc) is 3.34. The molecule has 1 heterocycles. The lowest BCUT2D eigenvalue weighted by atomic mass is 10.1. The van der Waals surface area contributed by atoms with Crippen molar-refractivity contribution in [3.63, 3.8) is 0 Å². The molecule has 0 saturated heterocycles. The van der Waals surface area contributed by atoms with E-state index in [0.717, 1.165) is 30.0 Å². The monoisotopic (exact) mass is 282 g/mol. The number of methoxy groups -OCH3 is 1. The lowest BCUT2D eigenvalue weighted by Gasteiger charge is -2.21. The number of carbonyl (C=O) groups is 1. The molecule has 1 amide bonds. The van der Waals surface area contributed by atoms with Crippen molar-refractivity contribution in [2.45, 2.75) is 25.3 Å². The highest BCUT2D eigenvalue weighted by molar-refractivity contribution is 5.94. The average molecular weight is 282 g/mol. The molecule has 1 aromatic carbocycles. The number of hydrogen-bond donors (Lipinski definition) is 0. The fourth-order valence-electron chi connectivity index (χ4n) is 2.35. The van der Waals surface area contributed by atoms with Crippen LogP contribution in [0, 0.1) is 0 Å². The van der Waals surface area contributed by atoms with Crippen LogP contribution in [0.5, 0.6) is 5.75 Å². The SMILES string of the molecule is COc1ccc(CC(=O)N(c2ccccn2)C2CC2)cc1. The van der Waals surface area contributed by atoms with Crippen LogP contribution in [0.1, 0.15) is 18.4 Å². The number of amides is 1. The van der Waals surface area contributed by atoms with Crippen molar-refractivity contribution >= 4 is 11.7 Å². The number of rotatable bonds is 5. The normalized spacial score (nSPS) is 13.8. The van der Waals surface area contributed by atoms with Crippen molar-refractivity contribution in [1.82, 2.24) is 4.98 Å². The molecule has 2 aromatic rings. The second-order valence-electron chi connectivity index (χ2n) is 5.21. The summed E-state index contributed by atoms with van der Waals surface area (Å²) < 4.78 is 5.13. The summed E-state index contributed by atoms with van der Waals surface area (Å²) >= 11 is 0. The van der Waals surface area contributed by atoms with Gasteiger partial charge in [0.05, 0.1) is 13.5 Å². The summed E-state index contributed by atoms with van der Waals surface area (Å²) in [5, 5.41) is 0. The Labute approximate surface area is 124 Å². The van der Waals surface area contributed by atoms with E-state index in [-0.39, 0.29) is 5.91 Å². The third-order valence-electron chi connectivity index (χ3n) is 3.59. The van der Waals surface area contributed by atoms with Gasteiger partial charge in [0, 0.05) is 12.2 Å².